The molecule has 2 aromatic rings. The quantitative estimate of drug-likeness (QED) is 0.647. The van der Waals surface area contributed by atoms with Gasteiger partial charge in [-0.15, -0.1) is 10.2 Å². The van der Waals surface area contributed by atoms with Crippen molar-refractivity contribution in [2.75, 3.05) is 23.7 Å². The number of hydrogen-bond donors (Lipinski definition) is 3. The van der Waals surface area contributed by atoms with Crippen molar-refractivity contribution in [3.63, 3.8) is 0 Å². The molecule has 0 aromatic carbocycles. The Labute approximate surface area is 135 Å². The summed E-state index contributed by atoms with van der Waals surface area (Å²) in [5.41, 5.74) is 0.905. The van der Waals surface area contributed by atoms with Gasteiger partial charge in [0.05, 0.1) is 0 Å². The van der Waals surface area contributed by atoms with Crippen LogP contribution in [-0.4, -0.2) is 34.2 Å². The number of pyridine rings is 1. The molecular formula is C16H22N6O. The van der Waals surface area contributed by atoms with Crippen LogP contribution in [0.2, 0.25) is 0 Å². The third-order valence-electron chi connectivity index (χ3n) is 2.96. The van der Waals surface area contributed by atoms with Gasteiger partial charge in [0.2, 0.25) is 5.91 Å². The number of carbonyl (C=O) groups is 1. The maximum atomic E-state index is 11.5. The van der Waals surface area contributed by atoms with Crippen LogP contribution in [0.15, 0.2) is 36.7 Å². The van der Waals surface area contributed by atoms with Crippen molar-refractivity contribution in [1.82, 2.24) is 20.5 Å². The first kappa shape index (κ1) is 16.7. The van der Waals surface area contributed by atoms with Gasteiger partial charge < -0.3 is 16.0 Å². The van der Waals surface area contributed by atoms with Gasteiger partial charge in [-0.25, -0.2) is 0 Å². The van der Waals surface area contributed by atoms with E-state index in [4.69, 9.17) is 0 Å². The molecule has 2 rings (SSSR count). The molecule has 2 heterocycles. The minimum atomic E-state index is 0.0739. The van der Waals surface area contributed by atoms with Crippen LogP contribution in [0.4, 0.5) is 17.3 Å². The van der Waals surface area contributed by atoms with E-state index in [0.29, 0.717) is 37.1 Å². The van der Waals surface area contributed by atoms with Crippen LogP contribution in [0, 0.1) is 5.92 Å². The summed E-state index contributed by atoms with van der Waals surface area (Å²) in [6, 6.07) is 7.39. The highest BCUT2D eigenvalue weighted by Crippen LogP contribution is 2.13. The normalized spacial score (nSPS) is 10.4. The molecule has 3 N–H and O–H groups in total. The van der Waals surface area contributed by atoms with Gasteiger partial charge in [0.25, 0.3) is 0 Å². The van der Waals surface area contributed by atoms with Gasteiger partial charge in [-0.05, 0) is 30.2 Å². The number of carbonyl (C=O) groups excluding carboxylic acids is 1. The number of hydrogen-bond acceptors (Lipinski definition) is 6. The Morgan fingerprint density at radius 3 is 2.39 bits per heavy atom. The summed E-state index contributed by atoms with van der Waals surface area (Å²) < 4.78 is 0. The Balaban J connectivity index is 1.72. The van der Waals surface area contributed by atoms with Crippen molar-refractivity contribution in [1.29, 1.82) is 0 Å². The van der Waals surface area contributed by atoms with E-state index < -0.39 is 0 Å². The molecule has 0 spiro atoms. The predicted molar refractivity (Wildman–Crippen MR) is 90.5 cm³/mol. The van der Waals surface area contributed by atoms with Gasteiger partial charge >= 0.3 is 0 Å². The second-order valence-electron chi connectivity index (χ2n) is 5.54. The molecule has 1 amide bonds. The maximum Gasteiger partial charge on any atom is 0.220 e. The Hall–Kier alpha value is -2.70. The van der Waals surface area contributed by atoms with Crippen LogP contribution >= 0.6 is 0 Å². The maximum absolute atomic E-state index is 11.5. The fourth-order valence-electron chi connectivity index (χ4n) is 1.91. The highest BCUT2D eigenvalue weighted by Gasteiger charge is 2.03. The first-order valence-electron chi connectivity index (χ1n) is 7.65. The number of anilines is 3. The molecule has 0 aliphatic heterocycles. The molecule has 122 valence electrons. The number of nitrogens with one attached hydrogen (secondary N) is 3. The van der Waals surface area contributed by atoms with Crippen molar-refractivity contribution >= 4 is 23.2 Å². The first-order chi connectivity index (χ1) is 11.1. The third-order valence-corrected chi connectivity index (χ3v) is 2.96. The monoisotopic (exact) mass is 314 g/mol. The Morgan fingerprint density at radius 1 is 1.04 bits per heavy atom. The molecule has 7 nitrogen and oxygen atoms in total. The van der Waals surface area contributed by atoms with Gasteiger partial charge in [-0.1, -0.05) is 13.8 Å². The summed E-state index contributed by atoms with van der Waals surface area (Å²) in [6.07, 6.45) is 3.97. The first-order valence-corrected chi connectivity index (χ1v) is 7.65. The van der Waals surface area contributed by atoms with E-state index in [9.17, 15) is 4.79 Å². The van der Waals surface area contributed by atoms with Crippen LogP contribution < -0.4 is 16.0 Å². The number of amides is 1. The lowest BCUT2D eigenvalue weighted by molar-refractivity contribution is -0.121. The molecule has 0 radical (unpaired) electrons. The number of rotatable bonds is 8. The molecule has 0 saturated heterocycles. The van der Waals surface area contributed by atoms with Crippen LogP contribution in [0.25, 0.3) is 0 Å². The summed E-state index contributed by atoms with van der Waals surface area (Å²) in [6.45, 7) is 5.21. The standard InChI is InChI=1S/C16H22N6O/c1-12(2)11-16(23)19-10-9-18-14-3-4-15(22-21-14)20-13-5-7-17-8-6-13/h3-8,12H,9-11H2,1-2H3,(H,18,21)(H,19,23)(H,17,20,22). The Kier molecular flexibility index (Phi) is 6.28. The Morgan fingerprint density at radius 2 is 1.74 bits per heavy atom. The average Bonchev–Trinajstić information content (AvgIpc) is 2.53. The minimum absolute atomic E-state index is 0.0739. The molecule has 0 aliphatic carbocycles. The van der Waals surface area contributed by atoms with Crippen molar-refractivity contribution < 1.29 is 4.79 Å². The van der Waals surface area contributed by atoms with E-state index in [2.05, 4.69) is 31.1 Å². The molecule has 0 aliphatic rings. The highest BCUT2D eigenvalue weighted by molar-refractivity contribution is 5.76. The average molecular weight is 314 g/mol. The van der Waals surface area contributed by atoms with Gasteiger partial charge in [-0.2, -0.15) is 0 Å². The lowest BCUT2D eigenvalue weighted by Crippen LogP contribution is -2.29. The van der Waals surface area contributed by atoms with Crippen LogP contribution in [-0.2, 0) is 4.79 Å². The zero-order valence-corrected chi connectivity index (χ0v) is 13.4. The highest BCUT2D eigenvalue weighted by atomic mass is 16.1. The minimum Gasteiger partial charge on any atom is -0.367 e. The zero-order chi connectivity index (χ0) is 16.5. The summed E-state index contributed by atoms with van der Waals surface area (Å²) in [5.74, 6) is 1.77. The lowest BCUT2D eigenvalue weighted by Gasteiger charge is -2.09. The lowest BCUT2D eigenvalue weighted by atomic mass is 10.1. The number of nitrogens with zero attached hydrogens (tertiary/aromatic N) is 3. The van der Waals surface area contributed by atoms with Crippen molar-refractivity contribution in [3.05, 3.63) is 36.7 Å². The van der Waals surface area contributed by atoms with Gasteiger partial charge in [-0.3, -0.25) is 9.78 Å². The smallest absolute Gasteiger partial charge is 0.220 e. The van der Waals surface area contributed by atoms with Gasteiger partial charge in [0.1, 0.15) is 5.82 Å². The van der Waals surface area contributed by atoms with E-state index in [-0.39, 0.29) is 5.91 Å². The largest absolute Gasteiger partial charge is 0.367 e. The van der Waals surface area contributed by atoms with Gasteiger partial charge in [0.15, 0.2) is 5.82 Å². The van der Waals surface area contributed by atoms with E-state index in [1.54, 1.807) is 12.4 Å². The topological polar surface area (TPSA) is 91.8 Å². The summed E-state index contributed by atoms with van der Waals surface area (Å²) >= 11 is 0. The second-order valence-corrected chi connectivity index (χ2v) is 5.54. The van der Waals surface area contributed by atoms with E-state index in [0.717, 1.165) is 5.69 Å². The zero-order valence-electron chi connectivity index (χ0n) is 13.4. The van der Waals surface area contributed by atoms with Crippen molar-refractivity contribution in [2.45, 2.75) is 20.3 Å². The van der Waals surface area contributed by atoms with Crippen molar-refractivity contribution in [2.24, 2.45) is 5.92 Å². The van der Waals surface area contributed by atoms with E-state index in [1.807, 2.05) is 38.1 Å². The van der Waals surface area contributed by atoms with Gasteiger partial charge in [0, 0.05) is 37.6 Å². The van der Waals surface area contributed by atoms with E-state index >= 15 is 0 Å². The third kappa shape index (κ3) is 6.29. The number of aromatic nitrogens is 3. The fraction of sp³-hybridized carbons (Fsp3) is 0.375. The second kappa shape index (κ2) is 8.67. The molecule has 23 heavy (non-hydrogen) atoms. The van der Waals surface area contributed by atoms with E-state index in [1.165, 1.54) is 0 Å². The predicted octanol–water partition coefficient (Wildman–Crippen LogP) is 2.19. The summed E-state index contributed by atoms with van der Waals surface area (Å²) in [4.78, 5) is 15.5. The van der Waals surface area contributed by atoms with Crippen LogP contribution in [0.5, 0.6) is 0 Å². The molecular weight excluding hydrogens is 292 g/mol. The van der Waals surface area contributed by atoms with Crippen LogP contribution in [0.3, 0.4) is 0 Å². The molecule has 7 heteroatoms. The van der Waals surface area contributed by atoms with Crippen LogP contribution in [0.1, 0.15) is 20.3 Å². The molecule has 0 saturated carbocycles. The fourth-order valence-corrected chi connectivity index (χ4v) is 1.91. The molecule has 0 bridgehead atoms. The molecule has 0 unspecified atom stereocenters. The molecule has 0 fully saturated rings. The summed E-state index contributed by atoms with van der Waals surface area (Å²) in [5, 5.41) is 17.3. The Bertz CT molecular complexity index is 600. The molecule has 2 aromatic heterocycles. The molecule has 0 atom stereocenters. The van der Waals surface area contributed by atoms with Crippen molar-refractivity contribution in [3.8, 4) is 0 Å². The SMILES string of the molecule is CC(C)CC(=O)NCCNc1ccc(Nc2ccncc2)nn1. The summed E-state index contributed by atoms with van der Waals surface area (Å²) in [7, 11) is 0.